The maximum Gasteiger partial charge on any atom is 0.407 e. The molecule has 1 aliphatic heterocycles. The number of unbranched alkanes of at least 4 members (excludes halogenated alkanes) is 2. The first-order chi connectivity index (χ1) is 17.2. The van der Waals surface area contributed by atoms with Gasteiger partial charge >= 0.3 is 12.1 Å². The quantitative estimate of drug-likeness (QED) is 0.183. The highest BCUT2D eigenvalue weighted by atomic mass is 16.6. The third-order valence-corrected chi connectivity index (χ3v) is 5.36. The first-order valence-corrected chi connectivity index (χ1v) is 13.2. The topological polar surface area (TPSA) is 136 Å². The largest absolute Gasteiger partial charge is 0.444 e. The van der Waals surface area contributed by atoms with Gasteiger partial charge in [0, 0.05) is 38.8 Å². The van der Waals surface area contributed by atoms with Crippen LogP contribution in [-0.2, 0) is 23.7 Å². The molecule has 1 rings (SSSR count). The second-order valence-corrected chi connectivity index (χ2v) is 9.94. The second-order valence-electron chi connectivity index (χ2n) is 9.94. The Labute approximate surface area is 216 Å². The molecule has 11 nitrogen and oxygen atoms in total. The number of carbonyl (C=O) groups is 3. The van der Waals surface area contributed by atoms with Gasteiger partial charge in [0.25, 0.3) is 0 Å². The monoisotopic (exact) mass is 516 g/mol. The summed E-state index contributed by atoms with van der Waals surface area (Å²) in [5.41, 5.74) is -0.493. The van der Waals surface area contributed by atoms with E-state index in [9.17, 15) is 14.4 Å². The summed E-state index contributed by atoms with van der Waals surface area (Å²) in [6.45, 7) is 11.7. The molecule has 0 bridgehead atoms. The predicted octanol–water partition coefficient (Wildman–Crippen LogP) is 2.48. The van der Waals surface area contributed by atoms with Crippen LogP contribution in [0.3, 0.4) is 0 Å². The molecule has 0 aromatic heterocycles. The molecule has 1 saturated heterocycles. The highest BCUT2D eigenvalue weighted by molar-refractivity contribution is 5.77. The summed E-state index contributed by atoms with van der Waals surface area (Å²) in [5, 5.41) is 11.4. The highest BCUT2D eigenvalue weighted by Crippen LogP contribution is 2.11. The van der Waals surface area contributed by atoms with Gasteiger partial charge in [-0.05, 0) is 53.4 Å². The van der Waals surface area contributed by atoms with Gasteiger partial charge in [-0.15, -0.1) is 0 Å². The number of hydrogen-bond acceptors (Lipinski definition) is 7. The zero-order valence-electron chi connectivity index (χ0n) is 22.6. The van der Waals surface area contributed by atoms with Crippen molar-refractivity contribution >= 4 is 18.0 Å². The molecule has 4 amide bonds. The van der Waals surface area contributed by atoms with Crippen LogP contribution in [0, 0.1) is 0 Å². The lowest BCUT2D eigenvalue weighted by Crippen LogP contribution is -2.33. The number of rotatable bonds is 20. The van der Waals surface area contributed by atoms with E-state index >= 15 is 0 Å². The van der Waals surface area contributed by atoms with E-state index in [4.69, 9.17) is 18.9 Å². The van der Waals surface area contributed by atoms with Crippen LogP contribution in [0.5, 0.6) is 0 Å². The molecule has 4 N–H and O–H groups in total. The van der Waals surface area contributed by atoms with Crippen molar-refractivity contribution in [1.29, 1.82) is 0 Å². The van der Waals surface area contributed by atoms with Crippen LogP contribution in [-0.4, -0.2) is 88.4 Å². The lowest BCUT2D eigenvalue weighted by atomic mass is 10.0. The SMILES string of the molecule is C[C@@H]1NC(=O)N[C@@H]1CCCCCC(=O)NCCCOCCOCCOCCCNC(=O)OC(C)(C)C. The van der Waals surface area contributed by atoms with E-state index in [0.717, 1.165) is 32.1 Å². The van der Waals surface area contributed by atoms with Crippen LogP contribution in [0.1, 0.15) is 72.6 Å². The maximum absolute atomic E-state index is 11.9. The van der Waals surface area contributed by atoms with E-state index in [0.29, 0.717) is 65.6 Å². The Kier molecular flexibility index (Phi) is 16.9. The zero-order chi connectivity index (χ0) is 26.7. The summed E-state index contributed by atoms with van der Waals surface area (Å²) in [4.78, 5) is 34.6. The number of carbonyl (C=O) groups excluding carboxylic acids is 3. The van der Waals surface area contributed by atoms with Crippen molar-refractivity contribution in [2.24, 2.45) is 0 Å². The van der Waals surface area contributed by atoms with Crippen molar-refractivity contribution < 1.29 is 33.3 Å². The van der Waals surface area contributed by atoms with Crippen LogP contribution in [0.25, 0.3) is 0 Å². The minimum absolute atomic E-state index is 0.0724. The van der Waals surface area contributed by atoms with Crippen molar-refractivity contribution in [3.63, 3.8) is 0 Å². The number of amides is 4. The molecule has 36 heavy (non-hydrogen) atoms. The van der Waals surface area contributed by atoms with E-state index in [1.54, 1.807) is 0 Å². The van der Waals surface area contributed by atoms with Crippen LogP contribution < -0.4 is 21.3 Å². The van der Waals surface area contributed by atoms with Gasteiger partial charge in [0.05, 0.1) is 32.5 Å². The minimum Gasteiger partial charge on any atom is -0.444 e. The first kappa shape index (κ1) is 31.9. The average molecular weight is 517 g/mol. The summed E-state index contributed by atoms with van der Waals surface area (Å²) in [7, 11) is 0. The smallest absolute Gasteiger partial charge is 0.407 e. The molecule has 0 radical (unpaired) electrons. The van der Waals surface area contributed by atoms with E-state index < -0.39 is 11.7 Å². The van der Waals surface area contributed by atoms with Crippen LogP contribution in [0.15, 0.2) is 0 Å². The molecule has 0 aliphatic carbocycles. The van der Waals surface area contributed by atoms with E-state index in [1.165, 1.54) is 0 Å². The Bertz CT molecular complexity index is 628. The fraction of sp³-hybridized carbons (Fsp3) is 0.880. The molecule has 0 unspecified atom stereocenters. The summed E-state index contributed by atoms with van der Waals surface area (Å²) in [6, 6.07) is 0.269. The van der Waals surface area contributed by atoms with Crippen molar-refractivity contribution in [3.05, 3.63) is 0 Å². The normalized spacial score (nSPS) is 17.4. The van der Waals surface area contributed by atoms with Gasteiger partial charge in [-0.1, -0.05) is 12.8 Å². The summed E-state index contributed by atoms with van der Waals surface area (Å²) in [6.07, 6.45) is 5.35. The van der Waals surface area contributed by atoms with Crippen molar-refractivity contribution in [2.75, 3.05) is 52.7 Å². The van der Waals surface area contributed by atoms with Crippen LogP contribution in [0.2, 0.25) is 0 Å². The summed E-state index contributed by atoms with van der Waals surface area (Å²) in [5.74, 6) is 0.0724. The standard InChI is InChI=1S/C25H48N4O7/c1-20-21(29-23(31)28-20)10-6-5-7-11-22(30)26-12-8-14-33-16-18-35-19-17-34-15-9-13-27-24(32)36-25(2,3)4/h20-21H,5-19H2,1-4H3,(H,26,30)(H,27,32)(H2,28,29,31)/t20-,21+/m0/s1. The average Bonchev–Trinajstić information content (AvgIpc) is 3.11. The molecule has 0 aromatic rings. The summed E-state index contributed by atoms with van der Waals surface area (Å²) < 4.78 is 21.6. The van der Waals surface area contributed by atoms with Crippen molar-refractivity contribution in [3.8, 4) is 0 Å². The Balaban J connectivity index is 1.76. The highest BCUT2D eigenvalue weighted by Gasteiger charge is 2.26. The number of ether oxygens (including phenoxy) is 4. The third kappa shape index (κ3) is 18.2. The molecule has 210 valence electrons. The van der Waals surface area contributed by atoms with E-state index in [1.807, 2.05) is 27.7 Å². The Morgan fingerprint density at radius 2 is 1.39 bits per heavy atom. The lowest BCUT2D eigenvalue weighted by Gasteiger charge is -2.19. The van der Waals surface area contributed by atoms with E-state index in [2.05, 4.69) is 21.3 Å². The Morgan fingerprint density at radius 1 is 0.806 bits per heavy atom. The molecule has 0 spiro atoms. The van der Waals surface area contributed by atoms with Crippen molar-refractivity contribution in [1.82, 2.24) is 21.3 Å². The minimum atomic E-state index is -0.493. The van der Waals surface area contributed by atoms with Crippen molar-refractivity contribution in [2.45, 2.75) is 90.3 Å². The Hall–Kier alpha value is -2.11. The van der Waals surface area contributed by atoms with Gasteiger partial charge < -0.3 is 40.2 Å². The molecule has 1 fully saturated rings. The molecule has 1 aliphatic rings. The lowest BCUT2D eigenvalue weighted by molar-refractivity contribution is -0.121. The first-order valence-electron chi connectivity index (χ1n) is 13.2. The number of alkyl carbamates (subject to hydrolysis) is 1. The molecule has 2 atom stereocenters. The zero-order valence-corrected chi connectivity index (χ0v) is 22.6. The fourth-order valence-electron chi connectivity index (χ4n) is 3.50. The van der Waals surface area contributed by atoms with E-state index in [-0.39, 0.29) is 24.0 Å². The molecule has 1 heterocycles. The fourth-order valence-corrected chi connectivity index (χ4v) is 3.50. The van der Waals surface area contributed by atoms with Gasteiger partial charge in [0.2, 0.25) is 5.91 Å². The third-order valence-electron chi connectivity index (χ3n) is 5.36. The molecule has 0 saturated carbocycles. The predicted molar refractivity (Wildman–Crippen MR) is 137 cm³/mol. The molecule has 0 aromatic carbocycles. The molecule has 11 heteroatoms. The molecular formula is C25H48N4O7. The second kappa shape index (κ2) is 19.1. The number of urea groups is 1. The number of hydrogen-bond donors (Lipinski definition) is 4. The van der Waals surface area contributed by atoms with Gasteiger partial charge in [-0.3, -0.25) is 4.79 Å². The number of nitrogens with one attached hydrogen (secondary N) is 4. The van der Waals surface area contributed by atoms with Gasteiger partial charge in [-0.2, -0.15) is 0 Å². The Morgan fingerprint density at radius 3 is 1.94 bits per heavy atom. The molecular weight excluding hydrogens is 468 g/mol. The van der Waals surface area contributed by atoms with Crippen LogP contribution in [0.4, 0.5) is 9.59 Å². The van der Waals surface area contributed by atoms with Crippen LogP contribution >= 0.6 is 0 Å². The van der Waals surface area contributed by atoms with Gasteiger partial charge in [0.1, 0.15) is 5.60 Å². The maximum atomic E-state index is 11.9. The summed E-state index contributed by atoms with van der Waals surface area (Å²) >= 11 is 0. The van der Waals surface area contributed by atoms with Gasteiger partial charge in [0.15, 0.2) is 0 Å². The van der Waals surface area contributed by atoms with Gasteiger partial charge in [-0.25, -0.2) is 9.59 Å².